The SMILES string of the molecule is O=C(/C=C\c1ccc(Cl)c(Cl)c1)CCN1CCN(CCC(=O)/C=C\c2ccc(Cl)c(Cl)c2)CC1. The first-order valence-electron chi connectivity index (χ1n) is 11.1. The second-order valence-corrected chi connectivity index (χ2v) is 9.76. The molecule has 1 heterocycles. The van der Waals surface area contributed by atoms with Gasteiger partial charge < -0.3 is 9.80 Å². The van der Waals surface area contributed by atoms with E-state index in [1.807, 2.05) is 12.1 Å². The molecule has 1 fully saturated rings. The van der Waals surface area contributed by atoms with Crippen LogP contribution in [-0.4, -0.2) is 60.6 Å². The maximum absolute atomic E-state index is 12.2. The summed E-state index contributed by atoms with van der Waals surface area (Å²) in [5.41, 5.74) is 1.69. The van der Waals surface area contributed by atoms with E-state index >= 15 is 0 Å². The molecule has 1 saturated heterocycles. The van der Waals surface area contributed by atoms with Gasteiger partial charge in [-0.3, -0.25) is 9.59 Å². The van der Waals surface area contributed by atoms with Crippen LogP contribution in [0.3, 0.4) is 0 Å². The quantitative estimate of drug-likeness (QED) is 0.320. The van der Waals surface area contributed by atoms with E-state index < -0.39 is 0 Å². The van der Waals surface area contributed by atoms with Crippen LogP contribution in [0.1, 0.15) is 24.0 Å². The largest absolute Gasteiger partial charge is 0.300 e. The van der Waals surface area contributed by atoms with Crippen LogP contribution in [0.25, 0.3) is 12.2 Å². The standard InChI is InChI=1S/C26H26Cl4N2O2/c27-23-7-3-19(17-25(23)29)1-5-21(33)9-11-31-13-15-32(16-14-31)12-10-22(34)6-2-20-4-8-24(28)26(30)18-20/h1-8,17-18H,9-16H2/b5-1-,6-2-. The van der Waals surface area contributed by atoms with E-state index in [0.29, 0.717) is 32.9 Å². The first kappa shape index (κ1) is 26.9. The summed E-state index contributed by atoms with van der Waals surface area (Å²) in [5, 5.41) is 1.93. The third-order valence-electron chi connectivity index (χ3n) is 5.62. The number of rotatable bonds is 10. The van der Waals surface area contributed by atoms with Gasteiger partial charge in [0.1, 0.15) is 0 Å². The number of piperazine rings is 1. The number of carbonyl (C=O) groups excluding carboxylic acids is 2. The Labute approximate surface area is 220 Å². The summed E-state index contributed by atoms with van der Waals surface area (Å²) in [6, 6.07) is 10.6. The van der Waals surface area contributed by atoms with Crippen LogP contribution >= 0.6 is 46.4 Å². The fourth-order valence-electron chi connectivity index (χ4n) is 3.55. The predicted molar refractivity (Wildman–Crippen MR) is 143 cm³/mol. The van der Waals surface area contributed by atoms with E-state index in [1.54, 1.807) is 48.6 Å². The van der Waals surface area contributed by atoms with Crippen molar-refractivity contribution in [2.75, 3.05) is 39.3 Å². The van der Waals surface area contributed by atoms with Gasteiger partial charge in [-0.15, -0.1) is 0 Å². The maximum Gasteiger partial charge on any atom is 0.156 e. The van der Waals surface area contributed by atoms with Crippen LogP contribution in [-0.2, 0) is 9.59 Å². The Balaban J connectivity index is 1.33. The molecule has 0 bridgehead atoms. The number of carbonyl (C=O) groups is 2. The molecular formula is C26H26Cl4N2O2. The van der Waals surface area contributed by atoms with E-state index in [2.05, 4.69) is 9.80 Å². The number of hydrogen-bond donors (Lipinski definition) is 0. The van der Waals surface area contributed by atoms with Crippen LogP contribution in [0.5, 0.6) is 0 Å². The molecule has 1 aliphatic heterocycles. The van der Waals surface area contributed by atoms with E-state index in [0.717, 1.165) is 50.4 Å². The van der Waals surface area contributed by atoms with Gasteiger partial charge in [-0.25, -0.2) is 0 Å². The Hall–Kier alpha value is -1.66. The Morgan fingerprint density at radius 3 is 1.38 bits per heavy atom. The Kier molecular flexibility index (Phi) is 10.6. The van der Waals surface area contributed by atoms with Crippen LogP contribution < -0.4 is 0 Å². The minimum absolute atomic E-state index is 0.0767. The highest BCUT2D eigenvalue weighted by Gasteiger charge is 2.17. The second kappa shape index (κ2) is 13.4. The molecule has 8 heteroatoms. The minimum atomic E-state index is 0.0767. The average Bonchev–Trinajstić information content (AvgIpc) is 2.83. The van der Waals surface area contributed by atoms with Gasteiger partial charge in [-0.2, -0.15) is 0 Å². The molecule has 4 nitrogen and oxygen atoms in total. The van der Waals surface area contributed by atoms with Gasteiger partial charge in [0.15, 0.2) is 11.6 Å². The zero-order chi connectivity index (χ0) is 24.5. The topological polar surface area (TPSA) is 40.6 Å². The van der Waals surface area contributed by atoms with Crippen molar-refractivity contribution < 1.29 is 9.59 Å². The van der Waals surface area contributed by atoms with Crippen molar-refractivity contribution in [2.24, 2.45) is 0 Å². The Bertz CT molecular complexity index is 991. The third kappa shape index (κ3) is 8.84. The van der Waals surface area contributed by atoms with Crippen molar-refractivity contribution in [2.45, 2.75) is 12.8 Å². The molecule has 0 amide bonds. The zero-order valence-corrected chi connectivity index (χ0v) is 21.7. The van der Waals surface area contributed by atoms with Gasteiger partial charge in [-0.1, -0.05) is 70.7 Å². The zero-order valence-electron chi connectivity index (χ0n) is 18.7. The average molecular weight is 540 g/mol. The molecule has 2 aromatic rings. The molecule has 180 valence electrons. The number of benzene rings is 2. The highest BCUT2D eigenvalue weighted by molar-refractivity contribution is 6.42. The van der Waals surface area contributed by atoms with Gasteiger partial charge in [0.2, 0.25) is 0 Å². The lowest BCUT2D eigenvalue weighted by molar-refractivity contribution is -0.116. The van der Waals surface area contributed by atoms with Crippen LogP contribution in [0.15, 0.2) is 48.6 Å². The molecule has 2 aromatic carbocycles. The summed E-state index contributed by atoms with van der Waals surface area (Å²) >= 11 is 23.8. The highest BCUT2D eigenvalue weighted by atomic mass is 35.5. The lowest BCUT2D eigenvalue weighted by Gasteiger charge is -2.34. The van der Waals surface area contributed by atoms with Crippen LogP contribution in [0, 0.1) is 0 Å². The van der Waals surface area contributed by atoms with Crippen LogP contribution in [0.4, 0.5) is 0 Å². The Morgan fingerprint density at radius 2 is 1.03 bits per heavy atom. The summed E-state index contributed by atoms with van der Waals surface area (Å²) in [5.74, 6) is 0.153. The predicted octanol–water partition coefficient (Wildman–Crippen LogP) is 6.56. The lowest BCUT2D eigenvalue weighted by atomic mass is 10.1. The number of nitrogens with zero attached hydrogens (tertiary/aromatic N) is 2. The van der Waals surface area contributed by atoms with Crippen molar-refractivity contribution in [3.8, 4) is 0 Å². The van der Waals surface area contributed by atoms with Gasteiger partial charge in [-0.05, 0) is 47.5 Å². The third-order valence-corrected chi connectivity index (χ3v) is 7.10. The molecular weight excluding hydrogens is 514 g/mol. The summed E-state index contributed by atoms with van der Waals surface area (Å²) in [6.07, 6.45) is 7.64. The summed E-state index contributed by atoms with van der Waals surface area (Å²) in [6.45, 7) is 5.00. The van der Waals surface area contributed by atoms with Crippen molar-refractivity contribution >= 4 is 70.1 Å². The monoisotopic (exact) mass is 538 g/mol. The van der Waals surface area contributed by atoms with E-state index in [4.69, 9.17) is 46.4 Å². The molecule has 0 spiro atoms. The molecule has 0 atom stereocenters. The summed E-state index contributed by atoms with van der Waals surface area (Å²) < 4.78 is 0. The van der Waals surface area contributed by atoms with E-state index in [-0.39, 0.29) is 11.6 Å². The molecule has 0 unspecified atom stereocenters. The van der Waals surface area contributed by atoms with Gasteiger partial charge in [0, 0.05) is 52.1 Å². The van der Waals surface area contributed by atoms with Crippen molar-refractivity contribution in [3.05, 3.63) is 79.8 Å². The molecule has 0 radical (unpaired) electrons. The summed E-state index contributed by atoms with van der Waals surface area (Å²) in [7, 11) is 0. The van der Waals surface area contributed by atoms with Gasteiger partial charge in [0.05, 0.1) is 20.1 Å². The number of hydrogen-bond acceptors (Lipinski definition) is 4. The Morgan fingerprint density at radius 1 is 0.647 bits per heavy atom. The molecule has 0 aliphatic carbocycles. The summed E-state index contributed by atoms with van der Waals surface area (Å²) in [4.78, 5) is 29.0. The van der Waals surface area contributed by atoms with Gasteiger partial charge in [0.25, 0.3) is 0 Å². The normalized spacial score (nSPS) is 15.4. The van der Waals surface area contributed by atoms with Crippen LogP contribution in [0.2, 0.25) is 20.1 Å². The molecule has 34 heavy (non-hydrogen) atoms. The van der Waals surface area contributed by atoms with Crippen molar-refractivity contribution in [3.63, 3.8) is 0 Å². The van der Waals surface area contributed by atoms with E-state index in [9.17, 15) is 9.59 Å². The molecule has 0 aromatic heterocycles. The first-order chi connectivity index (χ1) is 16.3. The lowest BCUT2D eigenvalue weighted by Crippen LogP contribution is -2.47. The molecule has 1 aliphatic rings. The molecule has 0 N–H and O–H groups in total. The number of ketones is 2. The smallest absolute Gasteiger partial charge is 0.156 e. The van der Waals surface area contributed by atoms with Crippen molar-refractivity contribution in [1.82, 2.24) is 9.80 Å². The van der Waals surface area contributed by atoms with Crippen molar-refractivity contribution in [1.29, 1.82) is 0 Å². The molecule has 3 rings (SSSR count). The molecule has 0 saturated carbocycles. The number of allylic oxidation sites excluding steroid dienone is 2. The second-order valence-electron chi connectivity index (χ2n) is 8.13. The van der Waals surface area contributed by atoms with E-state index in [1.165, 1.54) is 0 Å². The fraction of sp³-hybridized carbons (Fsp3) is 0.308. The first-order valence-corrected chi connectivity index (χ1v) is 12.6. The maximum atomic E-state index is 12.2. The fourth-order valence-corrected chi connectivity index (χ4v) is 4.16. The minimum Gasteiger partial charge on any atom is -0.300 e. The number of halogens is 4. The highest BCUT2D eigenvalue weighted by Crippen LogP contribution is 2.24. The van der Waals surface area contributed by atoms with Gasteiger partial charge >= 0.3 is 0 Å².